The van der Waals surface area contributed by atoms with E-state index in [2.05, 4.69) is 17.3 Å². The minimum absolute atomic E-state index is 0.860. The maximum Gasteiger partial charge on any atom is 0.00967 e. The van der Waals surface area contributed by atoms with E-state index < -0.39 is 0 Å². The molecule has 0 amide bonds. The molecule has 70 valence electrons. The molecule has 0 bridgehead atoms. The van der Waals surface area contributed by atoms with Crippen LogP contribution in [0.2, 0.25) is 0 Å². The first-order chi connectivity index (χ1) is 5.86. The zero-order valence-electron chi connectivity index (χ0n) is 8.05. The number of nitrogens with zero attached hydrogens (tertiary/aromatic N) is 1. The quantitative estimate of drug-likeness (QED) is 0.630. The van der Waals surface area contributed by atoms with Crippen molar-refractivity contribution in [2.24, 2.45) is 5.92 Å². The summed E-state index contributed by atoms with van der Waals surface area (Å²) in [6, 6.07) is 0.860. The molecule has 2 rings (SSSR count). The highest BCUT2D eigenvalue weighted by atomic mass is 15.1. The lowest BCUT2D eigenvalue weighted by atomic mass is 9.89. The predicted molar refractivity (Wildman–Crippen MR) is 51.2 cm³/mol. The molecule has 1 N–H and O–H groups in total. The second kappa shape index (κ2) is 3.75. The van der Waals surface area contributed by atoms with Gasteiger partial charge in [-0.25, -0.2) is 0 Å². The van der Waals surface area contributed by atoms with Gasteiger partial charge < -0.3 is 10.2 Å². The lowest BCUT2D eigenvalue weighted by molar-refractivity contribution is 0.191. The van der Waals surface area contributed by atoms with Gasteiger partial charge in [-0.1, -0.05) is 0 Å². The Balaban J connectivity index is 1.80. The highest BCUT2D eigenvalue weighted by Gasteiger charge is 2.26. The van der Waals surface area contributed by atoms with Crippen LogP contribution in [0.5, 0.6) is 0 Å². The van der Waals surface area contributed by atoms with Crippen molar-refractivity contribution >= 4 is 0 Å². The molecule has 0 aromatic heterocycles. The minimum atomic E-state index is 0.860. The molecule has 1 unspecified atom stereocenters. The standard InChI is InChI=1S/C10H20N2/c1-12-7-4-9(5-8-12)10-3-2-6-11-10/h9-11H,2-8H2,1H3. The summed E-state index contributed by atoms with van der Waals surface area (Å²) in [5.41, 5.74) is 0. The molecule has 2 nitrogen and oxygen atoms in total. The van der Waals surface area contributed by atoms with Crippen LogP contribution in [-0.4, -0.2) is 37.6 Å². The van der Waals surface area contributed by atoms with E-state index in [1.807, 2.05) is 0 Å². The third-order valence-electron chi connectivity index (χ3n) is 3.43. The van der Waals surface area contributed by atoms with Crippen LogP contribution in [0.3, 0.4) is 0 Å². The number of likely N-dealkylation sites (tertiary alicyclic amines) is 1. The fraction of sp³-hybridized carbons (Fsp3) is 1.00. The van der Waals surface area contributed by atoms with Crippen LogP contribution < -0.4 is 5.32 Å². The summed E-state index contributed by atoms with van der Waals surface area (Å²) in [6.45, 7) is 3.88. The van der Waals surface area contributed by atoms with E-state index in [1.54, 1.807) is 0 Å². The van der Waals surface area contributed by atoms with Gasteiger partial charge in [-0.2, -0.15) is 0 Å². The zero-order valence-corrected chi connectivity index (χ0v) is 8.05. The second-order valence-corrected chi connectivity index (χ2v) is 4.34. The van der Waals surface area contributed by atoms with E-state index in [0.717, 1.165) is 12.0 Å². The van der Waals surface area contributed by atoms with Crippen molar-refractivity contribution < 1.29 is 0 Å². The molecule has 12 heavy (non-hydrogen) atoms. The van der Waals surface area contributed by atoms with Gasteiger partial charge in [0.2, 0.25) is 0 Å². The topological polar surface area (TPSA) is 15.3 Å². The maximum atomic E-state index is 3.62. The normalized spacial score (nSPS) is 34.2. The Labute approximate surface area is 75.3 Å². The molecule has 0 aliphatic carbocycles. The lowest BCUT2D eigenvalue weighted by Crippen LogP contribution is -2.39. The minimum Gasteiger partial charge on any atom is -0.314 e. The Morgan fingerprint density at radius 3 is 2.50 bits per heavy atom. The highest BCUT2D eigenvalue weighted by Crippen LogP contribution is 2.24. The van der Waals surface area contributed by atoms with Gasteiger partial charge in [-0.15, -0.1) is 0 Å². The van der Waals surface area contributed by atoms with Gasteiger partial charge in [0.1, 0.15) is 0 Å². The molecule has 0 aromatic rings. The highest BCUT2D eigenvalue weighted by molar-refractivity contribution is 4.84. The van der Waals surface area contributed by atoms with Gasteiger partial charge in [0.05, 0.1) is 0 Å². The summed E-state index contributed by atoms with van der Waals surface area (Å²) < 4.78 is 0. The van der Waals surface area contributed by atoms with E-state index in [-0.39, 0.29) is 0 Å². The number of nitrogens with one attached hydrogen (secondary N) is 1. The van der Waals surface area contributed by atoms with Gasteiger partial charge in [0, 0.05) is 6.04 Å². The summed E-state index contributed by atoms with van der Waals surface area (Å²) in [5.74, 6) is 0.976. The van der Waals surface area contributed by atoms with Gasteiger partial charge in [0.25, 0.3) is 0 Å². The van der Waals surface area contributed by atoms with Crippen molar-refractivity contribution in [3.8, 4) is 0 Å². The van der Waals surface area contributed by atoms with Crippen molar-refractivity contribution in [1.82, 2.24) is 10.2 Å². The Hall–Kier alpha value is -0.0800. The largest absolute Gasteiger partial charge is 0.314 e. The molecule has 2 saturated heterocycles. The average molecular weight is 168 g/mol. The zero-order chi connectivity index (χ0) is 8.39. The van der Waals surface area contributed by atoms with E-state index in [1.165, 1.54) is 45.3 Å². The lowest BCUT2D eigenvalue weighted by Gasteiger charge is -2.32. The molecular formula is C10H20N2. The number of rotatable bonds is 1. The summed E-state index contributed by atoms with van der Waals surface area (Å²) >= 11 is 0. The van der Waals surface area contributed by atoms with Gasteiger partial charge >= 0.3 is 0 Å². The van der Waals surface area contributed by atoms with E-state index in [4.69, 9.17) is 0 Å². The third kappa shape index (κ3) is 1.80. The molecule has 1 atom stereocenters. The molecule has 0 radical (unpaired) electrons. The third-order valence-corrected chi connectivity index (χ3v) is 3.43. The first-order valence-corrected chi connectivity index (χ1v) is 5.28. The van der Waals surface area contributed by atoms with Crippen molar-refractivity contribution in [2.45, 2.75) is 31.7 Å². The first-order valence-electron chi connectivity index (χ1n) is 5.28. The smallest absolute Gasteiger partial charge is 0.00967 e. The van der Waals surface area contributed by atoms with E-state index in [0.29, 0.717) is 0 Å². The monoisotopic (exact) mass is 168 g/mol. The molecule has 2 aliphatic heterocycles. The molecule has 2 fully saturated rings. The van der Waals surface area contributed by atoms with E-state index >= 15 is 0 Å². The Morgan fingerprint density at radius 1 is 1.17 bits per heavy atom. The fourth-order valence-electron chi connectivity index (χ4n) is 2.54. The summed E-state index contributed by atoms with van der Waals surface area (Å²) in [6.07, 6.45) is 5.65. The summed E-state index contributed by atoms with van der Waals surface area (Å²) in [5, 5.41) is 3.62. The predicted octanol–water partition coefficient (Wildman–Crippen LogP) is 1.08. The van der Waals surface area contributed by atoms with Gasteiger partial charge in [0.15, 0.2) is 0 Å². The van der Waals surface area contributed by atoms with Crippen LogP contribution >= 0.6 is 0 Å². The van der Waals surface area contributed by atoms with Crippen LogP contribution in [0.15, 0.2) is 0 Å². The Bertz CT molecular complexity index is 133. The number of hydrogen-bond donors (Lipinski definition) is 1. The molecule has 0 saturated carbocycles. The Morgan fingerprint density at radius 2 is 1.92 bits per heavy atom. The molecule has 2 heterocycles. The molecular weight excluding hydrogens is 148 g/mol. The average Bonchev–Trinajstić information content (AvgIpc) is 2.58. The fourth-order valence-corrected chi connectivity index (χ4v) is 2.54. The van der Waals surface area contributed by atoms with E-state index in [9.17, 15) is 0 Å². The molecule has 2 aliphatic rings. The van der Waals surface area contributed by atoms with Crippen molar-refractivity contribution in [1.29, 1.82) is 0 Å². The van der Waals surface area contributed by atoms with Crippen LogP contribution in [0.25, 0.3) is 0 Å². The maximum absolute atomic E-state index is 3.62. The second-order valence-electron chi connectivity index (χ2n) is 4.34. The SMILES string of the molecule is CN1CCC(C2CCCN2)CC1. The number of piperidine rings is 1. The molecule has 0 spiro atoms. The van der Waals surface area contributed by atoms with Gasteiger partial charge in [-0.05, 0) is 58.3 Å². The molecule has 2 heteroatoms. The van der Waals surface area contributed by atoms with Gasteiger partial charge in [-0.3, -0.25) is 0 Å². The number of hydrogen-bond acceptors (Lipinski definition) is 2. The van der Waals surface area contributed by atoms with Crippen LogP contribution in [0, 0.1) is 5.92 Å². The van der Waals surface area contributed by atoms with Crippen LogP contribution in [-0.2, 0) is 0 Å². The van der Waals surface area contributed by atoms with Crippen molar-refractivity contribution in [2.75, 3.05) is 26.7 Å². The van der Waals surface area contributed by atoms with Crippen molar-refractivity contribution in [3.63, 3.8) is 0 Å². The van der Waals surface area contributed by atoms with Crippen molar-refractivity contribution in [3.05, 3.63) is 0 Å². The van der Waals surface area contributed by atoms with Crippen LogP contribution in [0.1, 0.15) is 25.7 Å². The summed E-state index contributed by atoms with van der Waals surface area (Å²) in [4.78, 5) is 2.45. The first kappa shape index (κ1) is 8.52. The summed E-state index contributed by atoms with van der Waals surface area (Å²) in [7, 11) is 2.23. The van der Waals surface area contributed by atoms with Crippen LogP contribution in [0.4, 0.5) is 0 Å². The Kier molecular flexibility index (Phi) is 2.66. The molecule has 0 aromatic carbocycles.